The maximum Gasteiger partial charge on any atom is 0.213 e. The Balaban J connectivity index is 1.88. The van der Waals surface area contributed by atoms with Crippen molar-refractivity contribution in [3.8, 4) is 5.88 Å². The minimum absolute atomic E-state index is 0.608. The van der Waals surface area contributed by atoms with Crippen LogP contribution in [0.1, 0.15) is 45.4 Å². The maximum absolute atomic E-state index is 5.07. The van der Waals surface area contributed by atoms with Gasteiger partial charge in [0.05, 0.1) is 19.0 Å². The highest BCUT2D eigenvalue weighted by molar-refractivity contribution is 5.42. The van der Waals surface area contributed by atoms with Gasteiger partial charge in [-0.25, -0.2) is 4.98 Å². The third kappa shape index (κ3) is 3.62. The molecule has 1 aliphatic rings. The lowest BCUT2D eigenvalue weighted by Crippen LogP contribution is -2.18. The number of methoxy groups -OCH3 is 1. The third-order valence-electron chi connectivity index (χ3n) is 3.98. The standard InChI is InChI=1S/C15H24N2O/c1-3-12-5-4-6-13(8-7-12)17-14-9-10-15(18-2)16-11-14/h9-13,17H,3-8H2,1-2H3. The van der Waals surface area contributed by atoms with E-state index in [0.717, 1.165) is 11.6 Å². The Labute approximate surface area is 110 Å². The molecule has 1 aromatic heterocycles. The quantitative estimate of drug-likeness (QED) is 0.821. The molecule has 0 amide bonds. The van der Waals surface area contributed by atoms with E-state index in [0.29, 0.717) is 11.9 Å². The molecule has 2 rings (SSSR count). The lowest BCUT2D eigenvalue weighted by atomic mass is 9.98. The molecule has 0 radical (unpaired) electrons. The van der Waals surface area contributed by atoms with Gasteiger partial charge in [0.15, 0.2) is 0 Å². The van der Waals surface area contributed by atoms with Gasteiger partial charge in [0.2, 0.25) is 5.88 Å². The average molecular weight is 248 g/mol. The third-order valence-corrected chi connectivity index (χ3v) is 3.98. The van der Waals surface area contributed by atoms with Crippen molar-refractivity contribution < 1.29 is 4.74 Å². The maximum atomic E-state index is 5.07. The predicted molar refractivity (Wildman–Crippen MR) is 75.1 cm³/mol. The second-order valence-electron chi connectivity index (χ2n) is 5.21. The minimum atomic E-state index is 0.608. The molecule has 1 aliphatic carbocycles. The molecule has 2 unspecified atom stereocenters. The summed E-state index contributed by atoms with van der Waals surface area (Å²) in [5.74, 6) is 1.61. The lowest BCUT2D eigenvalue weighted by Gasteiger charge is -2.17. The van der Waals surface area contributed by atoms with Gasteiger partial charge >= 0.3 is 0 Å². The molecule has 2 atom stereocenters. The Kier molecular flexibility index (Phi) is 4.85. The van der Waals surface area contributed by atoms with E-state index in [1.807, 2.05) is 18.3 Å². The number of nitrogens with zero attached hydrogens (tertiary/aromatic N) is 1. The normalized spacial score (nSPS) is 24.3. The molecular formula is C15H24N2O. The molecule has 1 N–H and O–H groups in total. The van der Waals surface area contributed by atoms with Crippen molar-refractivity contribution in [2.24, 2.45) is 5.92 Å². The summed E-state index contributed by atoms with van der Waals surface area (Å²) in [6.07, 6.45) is 9.86. The van der Waals surface area contributed by atoms with E-state index in [9.17, 15) is 0 Å². The van der Waals surface area contributed by atoms with E-state index >= 15 is 0 Å². The Morgan fingerprint density at radius 2 is 2.17 bits per heavy atom. The van der Waals surface area contributed by atoms with Crippen molar-refractivity contribution in [2.75, 3.05) is 12.4 Å². The summed E-state index contributed by atoms with van der Waals surface area (Å²) in [7, 11) is 1.64. The number of nitrogens with one attached hydrogen (secondary N) is 1. The molecule has 1 saturated carbocycles. The molecule has 0 spiro atoms. The highest BCUT2D eigenvalue weighted by atomic mass is 16.5. The van der Waals surface area contributed by atoms with Crippen molar-refractivity contribution >= 4 is 5.69 Å². The summed E-state index contributed by atoms with van der Waals surface area (Å²) < 4.78 is 5.07. The number of pyridine rings is 1. The Hall–Kier alpha value is -1.25. The van der Waals surface area contributed by atoms with Gasteiger partial charge in [-0.3, -0.25) is 0 Å². The molecule has 18 heavy (non-hydrogen) atoms. The van der Waals surface area contributed by atoms with E-state index in [-0.39, 0.29) is 0 Å². The van der Waals surface area contributed by atoms with E-state index in [2.05, 4.69) is 17.2 Å². The van der Waals surface area contributed by atoms with Crippen molar-refractivity contribution in [1.29, 1.82) is 0 Å². The van der Waals surface area contributed by atoms with Gasteiger partial charge in [0.25, 0.3) is 0 Å². The van der Waals surface area contributed by atoms with Gasteiger partial charge in [0, 0.05) is 12.1 Å². The first kappa shape index (κ1) is 13.2. The molecule has 1 fully saturated rings. The van der Waals surface area contributed by atoms with E-state index < -0.39 is 0 Å². The number of aromatic nitrogens is 1. The van der Waals surface area contributed by atoms with E-state index in [1.165, 1.54) is 38.5 Å². The molecule has 0 saturated heterocycles. The summed E-state index contributed by atoms with van der Waals surface area (Å²) in [6, 6.07) is 4.57. The molecule has 1 aromatic rings. The fourth-order valence-electron chi connectivity index (χ4n) is 2.75. The van der Waals surface area contributed by atoms with Crippen LogP contribution in [-0.2, 0) is 0 Å². The highest BCUT2D eigenvalue weighted by Gasteiger charge is 2.17. The average Bonchev–Trinajstić information content (AvgIpc) is 2.65. The summed E-state index contributed by atoms with van der Waals surface area (Å²) in [5.41, 5.74) is 1.11. The first-order valence-corrected chi connectivity index (χ1v) is 7.08. The fourth-order valence-corrected chi connectivity index (χ4v) is 2.75. The van der Waals surface area contributed by atoms with Crippen LogP contribution in [-0.4, -0.2) is 18.1 Å². The summed E-state index contributed by atoms with van der Waals surface area (Å²) in [4.78, 5) is 4.23. The number of hydrogen-bond donors (Lipinski definition) is 1. The summed E-state index contributed by atoms with van der Waals surface area (Å²) >= 11 is 0. The van der Waals surface area contributed by atoms with Gasteiger partial charge in [-0.15, -0.1) is 0 Å². The Morgan fingerprint density at radius 1 is 1.28 bits per heavy atom. The Morgan fingerprint density at radius 3 is 2.83 bits per heavy atom. The highest BCUT2D eigenvalue weighted by Crippen LogP contribution is 2.27. The lowest BCUT2D eigenvalue weighted by molar-refractivity contribution is 0.398. The van der Waals surface area contributed by atoms with Crippen LogP contribution in [0.4, 0.5) is 5.69 Å². The van der Waals surface area contributed by atoms with Gasteiger partial charge in [0.1, 0.15) is 0 Å². The molecule has 0 aromatic carbocycles. The predicted octanol–water partition coefficient (Wildman–Crippen LogP) is 3.86. The first-order chi connectivity index (χ1) is 8.81. The monoisotopic (exact) mass is 248 g/mol. The Bertz CT molecular complexity index is 350. The van der Waals surface area contributed by atoms with Gasteiger partial charge < -0.3 is 10.1 Å². The van der Waals surface area contributed by atoms with Crippen LogP contribution in [0, 0.1) is 5.92 Å². The van der Waals surface area contributed by atoms with Crippen LogP contribution in [0.5, 0.6) is 5.88 Å². The fraction of sp³-hybridized carbons (Fsp3) is 0.667. The second kappa shape index (κ2) is 6.62. The minimum Gasteiger partial charge on any atom is -0.481 e. The summed E-state index contributed by atoms with van der Waals surface area (Å²) in [6.45, 7) is 2.31. The van der Waals surface area contributed by atoms with Crippen molar-refractivity contribution in [1.82, 2.24) is 4.98 Å². The van der Waals surface area contributed by atoms with Crippen molar-refractivity contribution in [3.63, 3.8) is 0 Å². The SMILES string of the molecule is CCC1CCCC(Nc2ccc(OC)nc2)CC1. The molecule has 0 aliphatic heterocycles. The summed E-state index contributed by atoms with van der Waals surface area (Å²) in [5, 5.41) is 3.60. The topological polar surface area (TPSA) is 34.1 Å². The van der Waals surface area contributed by atoms with Gasteiger partial charge in [-0.2, -0.15) is 0 Å². The largest absolute Gasteiger partial charge is 0.481 e. The zero-order valence-electron chi connectivity index (χ0n) is 11.5. The molecule has 0 bridgehead atoms. The first-order valence-electron chi connectivity index (χ1n) is 7.08. The smallest absolute Gasteiger partial charge is 0.213 e. The van der Waals surface area contributed by atoms with Crippen LogP contribution < -0.4 is 10.1 Å². The number of anilines is 1. The van der Waals surface area contributed by atoms with E-state index in [1.54, 1.807) is 7.11 Å². The number of hydrogen-bond acceptors (Lipinski definition) is 3. The van der Waals surface area contributed by atoms with Gasteiger partial charge in [-0.1, -0.05) is 26.2 Å². The zero-order valence-corrected chi connectivity index (χ0v) is 11.5. The van der Waals surface area contributed by atoms with Crippen LogP contribution in [0.15, 0.2) is 18.3 Å². The number of ether oxygens (including phenoxy) is 1. The van der Waals surface area contributed by atoms with Gasteiger partial charge in [-0.05, 0) is 31.2 Å². The van der Waals surface area contributed by atoms with Crippen LogP contribution in [0.3, 0.4) is 0 Å². The number of rotatable bonds is 4. The van der Waals surface area contributed by atoms with E-state index in [4.69, 9.17) is 4.74 Å². The zero-order chi connectivity index (χ0) is 12.8. The van der Waals surface area contributed by atoms with Crippen LogP contribution in [0.25, 0.3) is 0 Å². The van der Waals surface area contributed by atoms with Crippen LogP contribution >= 0.6 is 0 Å². The van der Waals surface area contributed by atoms with Crippen molar-refractivity contribution in [2.45, 2.75) is 51.5 Å². The molecule has 1 heterocycles. The van der Waals surface area contributed by atoms with Crippen LogP contribution in [0.2, 0.25) is 0 Å². The molecule has 3 heteroatoms. The van der Waals surface area contributed by atoms with Crippen molar-refractivity contribution in [3.05, 3.63) is 18.3 Å². The molecule has 100 valence electrons. The molecular weight excluding hydrogens is 224 g/mol. The second-order valence-corrected chi connectivity index (χ2v) is 5.21. The molecule has 3 nitrogen and oxygen atoms in total.